The number of anilines is 1. The van der Waals surface area contributed by atoms with Gasteiger partial charge >= 0.3 is 0 Å². The maximum atomic E-state index is 8.75. The summed E-state index contributed by atoms with van der Waals surface area (Å²) in [5.74, 6) is 0.243. The second-order valence-electron chi connectivity index (χ2n) is 2.73. The van der Waals surface area contributed by atoms with Gasteiger partial charge in [0, 0.05) is 17.8 Å². The van der Waals surface area contributed by atoms with Gasteiger partial charge < -0.3 is 5.73 Å². The molecule has 0 saturated heterocycles. The Labute approximate surface area is 88.5 Å². The van der Waals surface area contributed by atoms with Crippen LogP contribution in [0.15, 0.2) is 22.9 Å². The van der Waals surface area contributed by atoms with E-state index in [1.807, 2.05) is 6.07 Å². The standard InChI is InChI=1S/C9H5BrN4/c10-7-4-13-3-6-1-5(2-11)9(12)14-8(6)7/h1,3-4H,(H2,12,14). The topological polar surface area (TPSA) is 75.6 Å². The minimum atomic E-state index is 0.243. The molecule has 0 atom stereocenters. The van der Waals surface area contributed by atoms with Gasteiger partial charge in [0.1, 0.15) is 11.9 Å². The van der Waals surface area contributed by atoms with E-state index in [1.165, 1.54) is 0 Å². The van der Waals surface area contributed by atoms with E-state index in [9.17, 15) is 0 Å². The minimum Gasteiger partial charge on any atom is -0.383 e. The van der Waals surface area contributed by atoms with Crippen molar-refractivity contribution in [3.63, 3.8) is 0 Å². The molecule has 0 aromatic carbocycles. The van der Waals surface area contributed by atoms with Crippen LogP contribution >= 0.6 is 15.9 Å². The maximum absolute atomic E-state index is 8.75. The molecule has 0 amide bonds. The molecule has 2 heterocycles. The van der Waals surface area contributed by atoms with Crippen molar-refractivity contribution in [2.45, 2.75) is 0 Å². The summed E-state index contributed by atoms with van der Waals surface area (Å²) in [7, 11) is 0. The van der Waals surface area contributed by atoms with Gasteiger partial charge in [-0.1, -0.05) is 0 Å². The highest BCUT2D eigenvalue weighted by molar-refractivity contribution is 9.10. The number of nitrogens with two attached hydrogens (primary N) is 1. The van der Waals surface area contributed by atoms with E-state index in [0.29, 0.717) is 5.56 Å². The van der Waals surface area contributed by atoms with Crippen molar-refractivity contribution in [2.24, 2.45) is 0 Å². The van der Waals surface area contributed by atoms with Gasteiger partial charge in [-0.25, -0.2) is 4.98 Å². The van der Waals surface area contributed by atoms with E-state index in [-0.39, 0.29) is 5.82 Å². The molecule has 0 radical (unpaired) electrons. The van der Waals surface area contributed by atoms with Crippen LogP contribution in [0.1, 0.15) is 5.56 Å². The largest absolute Gasteiger partial charge is 0.383 e. The molecule has 0 saturated carbocycles. The number of hydrogen-bond acceptors (Lipinski definition) is 4. The molecule has 0 spiro atoms. The van der Waals surface area contributed by atoms with Crippen molar-refractivity contribution in [1.82, 2.24) is 9.97 Å². The highest BCUT2D eigenvalue weighted by Crippen LogP contribution is 2.23. The number of nitrogens with zero attached hydrogens (tertiary/aromatic N) is 3. The molecule has 0 fully saturated rings. The lowest BCUT2D eigenvalue weighted by molar-refractivity contribution is 1.30. The summed E-state index contributed by atoms with van der Waals surface area (Å²) >= 11 is 3.31. The lowest BCUT2D eigenvalue weighted by Crippen LogP contribution is -1.95. The molecule has 0 aliphatic carbocycles. The fourth-order valence-corrected chi connectivity index (χ4v) is 1.60. The highest BCUT2D eigenvalue weighted by atomic mass is 79.9. The Bertz CT molecular complexity index is 544. The fraction of sp³-hybridized carbons (Fsp3) is 0. The zero-order valence-electron chi connectivity index (χ0n) is 7.03. The summed E-state index contributed by atoms with van der Waals surface area (Å²) < 4.78 is 0.770. The first kappa shape index (κ1) is 8.91. The van der Waals surface area contributed by atoms with Crippen LogP contribution in [-0.4, -0.2) is 9.97 Å². The third-order valence-corrected chi connectivity index (χ3v) is 2.41. The summed E-state index contributed by atoms with van der Waals surface area (Å²) in [6.07, 6.45) is 3.29. The van der Waals surface area contributed by atoms with Gasteiger partial charge in [-0.15, -0.1) is 0 Å². The first-order chi connectivity index (χ1) is 6.72. The highest BCUT2D eigenvalue weighted by Gasteiger charge is 2.05. The molecule has 4 nitrogen and oxygen atoms in total. The van der Waals surface area contributed by atoms with Crippen molar-refractivity contribution in [2.75, 3.05) is 5.73 Å². The number of pyridine rings is 2. The summed E-state index contributed by atoms with van der Waals surface area (Å²) in [4.78, 5) is 8.09. The smallest absolute Gasteiger partial charge is 0.142 e. The second-order valence-corrected chi connectivity index (χ2v) is 3.58. The molecule has 68 valence electrons. The molecule has 2 rings (SSSR count). The first-order valence-electron chi connectivity index (χ1n) is 3.82. The molecular weight excluding hydrogens is 244 g/mol. The van der Waals surface area contributed by atoms with Crippen molar-refractivity contribution >= 4 is 32.7 Å². The van der Waals surface area contributed by atoms with Gasteiger partial charge in [0.05, 0.1) is 15.6 Å². The zero-order valence-corrected chi connectivity index (χ0v) is 8.62. The quantitative estimate of drug-likeness (QED) is 0.772. The number of nitriles is 1. The van der Waals surface area contributed by atoms with E-state index in [0.717, 1.165) is 15.4 Å². The van der Waals surface area contributed by atoms with Crippen LogP contribution in [0.4, 0.5) is 5.82 Å². The normalized spacial score (nSPS) is 10.0. The average Bonchev–Trinajstić information content (AvgIpc) is 2.19. The summed E-state index contributed by atoms with van der Waals surface area (Å²) in [5, 5.41) is 9.54. The van der Waals surface area contributed by atoms with Crippen LogP contribution in [0, 0.1) is 11.3 Å². The lowest BCUT2D eigenvalue weighted by atomic mass is 10.2. The molecule has 0 unspecified atom stereocenters. The molecule has 0 aliphatic heterocycles. The average molecular weight is 249 g/mol. The Morgan fingerprint density at radius 2 is 2.21 bits per heavy atom. The summed E-state index contributed by atoms with van der Waals surface area (Å²) in [5.41, 5.74) is 6.68. The van der Waals surface area contributed by atoms with E-state index < -0.39 is 0 Å². The van der Waals surface area contributed by atoms with Crippen molar-refractivity contribution in [3.05, 3.63) is 28.5 Å². The molecule has 2 aromatic rings. The molecule has 2 N–H and O–H groups in total. The molecule has 0 aliphatic rings. The molecule has 2 aromatic heterocycles. The molecule has 0 bridgehead atoms. The summed E-state index contributed by atoms with van der Waals surface area (Å²) in [6, 6.07) is 3.65. The minimum absolute atomic E-state index is 0.243. The van der Waals surface area contributed by atoms with Crippen LogP contribution in [0.2, 0.25) is 0 Å². The number of rotatable bonds is 0. The van der Waals surface area contributed by atoms with Crippen LogP contribution < -0.4 is 5.73 Å². The van der Waals surface area contributed by atoms with Crippen molar-refractivity contribution < 1.29 is 0 Å². The van der Waals surface area contributed by atoms with Crippen molar-refractivity contribution in [3.8, 4) is 6.07 Å². The number of aromatic nitrogens is 2. The predicted octanol–water partition coefficient (Wildman–Crippen LogP) is 1.85. The Balaban J connectivity index is 2.88. The van der Waals surface area contributed by atoms with Gasteiger partial charge in [-0.2, -0.15) is 5.26 Å². The van der Waals surface area contributed by atoms with Crippen molar-refractivity contribution in [1.29, 1.82) is 5.26 Å². The van der Waals surface area contributed by atoms with Crippen LogP contribution in [0.25, 0.3) is 10.9 Å². The van der Waals surface area contributed by atoms with Gasteiger partial charge in [0.15, 0.2) is 0 Å². The monoisotopic (exact) mass is 248 g/mol. The first-order valence-corrected chi connectivity index (χ1v) is 4.61. The predicted molar refractivity (Wildman–Crippen MR) is 56.4 cm³/mol. The maximum Gasteiger partial charge on any atom is 0.142 e. The van der Waals surface area contributed by atoms with E-state index in [4.69, 9.17) is 11.0 Å². The van der Waals surface area contributed by atoms with E-state index >= 15 is 0 Å². The zero-order chi connectivity index (χ0) is 10.1. The van der Waals surface area contributed by atoms with E-state index in [2.05, 4.69) is 25.9 Å². The second kappa shape index (κ2) is 3.24. The van der Waals surface area contributed by atoms with Gasteiger partial charge in [-0.05, 0) is 22.0 Å². The SMILES string of the molecule is N#Cc1cc2cncc(Br)c2nc1N. The Kier molecular flexibility index (Phi) is 2.06. The number of fused-ring (bicyclic) bond motifs is 1. The number of halogens is 1. The van der Waals surface area contributed by atoms with Crippen LogP contribution in [-0.2, 0) is 0 Å². The molecule has 14 heavy (non-hydrogen) atoms. The molecular formula is C9H5BrN4. The number of hydrogen-bond donors (Lipinski definition) is 1. The lowest BCUT2D eigenvalue weighted by Gasteiger charge is -2.01. The Morgan fingerprint density at radius 3 is 2.93 bits per heavy atom. The van der Waals surface area contributed by atoms with Crippen LogP contribution in [0.5, 0.6) is 0 Å². The molecule has 5 heteroatoms. The third kappa shape index (κ3) is 1.30. The third-order valence-electron chi connectivity index (χ3n) is 1.83. The Hall–Kier alpha value is -1.67. The van der Waals surface area contributed by atoms with Gasteiger partial charge in [0.25, 0.3) is 0 Å². The Morgan fingerprint density at radius 1 is 1.43 bits per heavy atom. The fourth-order valence-electron chi connectivity index (χ4n) is 1.17. The number of nitrogen functional groups attached to an aromatic ring is 1. The summed E-state index contributed by atoms with van der Waals surface area (Å²) in [6.45, 7) is 0. The van der Waals surface area contributed by atoms with Crippen LogP contribution in [0.3, 0.4) is 0 Å². The van der Waals surface area contributed by atoms with Gasteiger partial charge in [0.2, 0.25) is 0 Å². The van der Waals surface area contributed by atoms with Gasteiger partial charge in [-0.3, -0.25) is 4.98 Å². The van der Waals surface area contributed by atoms with E-state index in [1.54, 1.807) is 18.5 Å².